The molecule has 0 unspecified atom stereocenters. The van der Waals surface area contributed by atoms with Gasteiger partial charge >= 0.3 is 0 Å². The molecule has 1 aromatic carbocycles. The Morgan fingerprint density at radius 3 is 2.60 bits per heavy atom. The first-order chi connectivity index (χ1) is 9.69. The summed E-state index contributed by atoms with van der Waals surface area (Å²) in [7, 11) is 0. The normalized spacial score (nSPS) is 9.85. The number of ether oxygens (including phenoxy) is 1. The molecule has 0 aliphatic heterocycles. The second-order valence-corrected chi connectivity index (χ2v) is 4.57. The van der Waals surface area contributed by atoms with Gasteiger partial charge in [-0.2, -0.15) is 5.26 Å². The van der Waals surface area contributed by atoms with Crippen LogP contribution in [0.5, 0.6) is 5.75 Å². The molecule has 0 amide bonds. The summed E-state index contributed by atoms with van der Waals surface area (Å²) in [4.78, 5) is 7.70. The molecule has 2 aromatic rings. The standard InChI is InChI=1S/C13H10Cl2N4O/c14-11-2-1-10(5-12(11)15)20-4-3-17-9-7-18-13(6-16)19-8-9/h1-2,5,7-8,17H,3-4H2. The van der Waals surface area contributed by atoms with Crippen LogP contribution in [-0.2, 0) is 0 Å². The van der Waals surface area contributed by atoms with Crippen LogP contribution < -0.4 is 10.1 Å². The van der Waals surface area contributed by atoms with Gasteiger partial charge < -0.3 is 10.1 Å². The lowest BCUT2D eigenvalue weighted by Gasteiger charge is -2.08. The minimum atomic E-state index is 0.141. The van der Waals surface area contributed by atoms with E-state index in [2.05, 4.69) is 15.3 Å². The van der Waals surface area contributed by atoms with E-state index in [0.29, 0.717) is 28.9 Å². The fourth-order valence-electron chi connectivity index (χ4n) is 1.41. The van der Waals surface area contributed by atoms with E-state index in [1.54, 1.807) is 30.6 Å². The fourth-order valence-corrected chi connectivity index (χ4v) is 1.70. The average Bonchev–Trinajstić information content (AvgIpc) is 2.48. The van der Waals surface area contributed by atoms with E-state index in [4.69, 9.17) is 33.2 Å². The van der Waals surface area contributed by atoms with Crippen molar-refractivity contribution in [3.8, 4) is 11.8 Å². The third kappa shape index (κ3) is 3.98. The fraction of sp³-hybridized carbons (Fsp3) is 0.154. The molecule has 1 N–H and O–H groups in total. The van der Waals surface area contributed by atoms with Gasteiger partial charge in [0.25, 0.3) is 0 Å². The smallest absolute Gasteiger partial charge is 0.232 e. The van der Waals surface area contributed by atoms with E-state index in [0.717, 1.165) is 5.69 Å². The summed E-state index contributed by atoms with van der Waals surface area (Å²) in [5, 5.41) is 12.6. The monoisotopic (exact) mass is 308 g/mol. The van der Waals surface area contributed by atoms with Crippen LogP contribution in [0.1, 0.15) is 5.82 Å². The quantitative estimate of drug-likeness (QED) is 0.859. The predicted molar refractivity (Wildman–Crippen MR) is 77.2 cm³/mol. The largest absolute Gasteiger partial charge is 0.492 e. The van der Waals surface area contributed by atoms with E-state index in [1.165, 1.54) is 0 Å². The highest BCUT2D eigenvalue weighted by molar-refractivity contribution is 6.42. The van der Waals surface area contributed by atoms with Gasteiger partial charge in [0, 0.05) is 12.6 Å². The first-order valence-electron chi connectivity index (χ1n) is 5.73. The Morgan fingerprint density at radius 1 is 1.20 bits per heavy atom. The minimum Gasteiger partial charge on any atom is -0.492 e. The van der Waals surface area contributed by atoms with Crippen molar-refractivity contribution >= 4 is 28.9 Å². The minimum absolute atomic E-state index is 0.141. The van der Waals surface area contributed by atoms with Crippen molar-refractivity contribution in [2.45, 2.75) is 0 Å². The molecule has 7 heteroatoms. The van der Waals surface area contributed by atoms with Gasteiger partial charge in [-0.05, 0) is 12.1 Å². The second kappa shape index (κ2) is 6.94. The summed E-state index contributed by atoms with van der Waals surface area (Å²) < 4.78 is 5.51. The molecule has 0 aliphatic rings. The number of nitrogens with one attached hydrogen (secondary N) is 1. The SMILES string of the molecule is N#Cc1ncc(NCCOc2ccc(Cl)c(Cl)c2)cn1. The third-order valence-corrected chi connectivity index (χ3v) is 3.08. The highest BCUT2D eigenvalue weighted by Crippen LogP contribution is 2.26. The molecular weight excluding hydrogens is 299 g/mol. The Morgan fingerprint density at radius 2 is 1.95 bits per heavy atom. The zero-order valence-corrected chi connectivity index (χ0v) is 11.8. The Kier molecular flexibility index (Phi) is 4.99. The zero-order valence-electron chi connectivity index (χ0n) is 10.3. The van der Waals surface area contributed by atoms with Gasteiger partial charge in [-0.15, -0.1) is 0 Å². The predicted octanol–water partition coefficient (Wildman–Crippen LogP) is 3.15. The lowest BCUT2D eigenvalue weighted by atomic mass is 10.3. The van der Waals surface area contributed by atoms with Crippen LogP contribution >= 0.6 is 23.2 Å². The third-order valence-electron chi connectivity index (χ3n) is 2.34. The van der Waals surface area contributed by atoms with Crippen molar-refractivity contribution in [3.05, 3.63) is 46.5 Å². The number of halogens is 2. The summed E-state index contributed by atoms with van der Waals surface area (Å²) in [6, 6.07) is 6.95. The van der Waals surface area contributed by atoms with E-state index < -0.39 is 0 Å². The van der Waals surface area contributed by atoms with Crippen molar-refractivity contribution in [1.29, 1.82) is 5.26 Å². The van der Waals surface area contributed by atoms with Gasteiger partial charge in [0.15, 0.2) is 0 Å². The molecule has 1 aromatic heterocycles. The van der Waals surface area contributed by atoms with E-state index in [9.17, 15) is 0 Å². The van der Waals surface area contributed by atoms with Gasteiger partial charge in [-0.1, -0.05) is 23.2 Å². The number of aromatic nitrogens is 2. The number of anilines is 1. The van der Waals surface area contributed by atoms with Crippen molar-refractivity contribution < 1.29 is 4.74 Å². The van der Waals surface area contributed by atoms with E-state index in [-0.39, 0.29) is 5.82 Å². The number of nitriles is 1. The topological polar surface area (TPSA) is 70.8 Å². The molecule has 5 nitrogen and oxygen atoms in total. The molecule has 0 aliphatic carbocycles. The summed E-state index contributed by atoms with van der Waals surface area (Å²) in [6.45, 7) is 1.01. The lowest BCUT2D eigenvalue weighted by molar-refractivity contribution is 0.333. The Hall–Kier alpha value is -2.03. The molecule has 0 saturated heterocycles. The second-order valence-electron chi connectivity index (χ2n) is 3.76. The zero-order chi connectivity index (χ0) is 14.4. The molecular formula is C13H10Cl2N4O. The van der Waals surface area contributed by atoms with Crippen LogP contribution in [0.4, 0.5) is 5.69 Å². The van der Waals surface area contributed by atoms with Crippen molar-refractivity contribution in [2.24, 2.45) is 0 Å². The van der Waals surface area contributed by atoms with Crippen molar-refractivity contribution in [2.75, 3.05) is 18.5 Å². The van der Waals surface area contributed by atoms with Gasteiger partial charge in [-0.25, -0.2) is 9.97 Å². The lowest BCUT2D eigenvalue weighted by Crippen LogP contribution is -2.12. The molecule has 102 valence electrons. The summed E-state index contributed by atoms with van der Waals surface area (Å²) in [5.74, 6) is 0.792. The van der Waals surface area contributed by atoms with Crippen LogP contribution in [0.3, 0.4) is 0 Å². The highest BCUT2D eigenvalue weighted by atomic mass is 35.5. The molecule has 0 radical (unpaired) electrons. The first-order valence-corrected chi connectivity index (χ1v) is 6.48. The number of rotatable bonds is 5. The molecule has 1 heterocycles. The average molecular weight is 309 g/mol. The molecule has 20 heavy (non-hydrogen) atoms. The summed E-state index contributed by atoms with van der Waals surface area (Å²) >= 11 is 11.7. The molecule has 2 rings (SSSR count). The Bertz CT molecular complexity index is 625. The summed E-state index contributed by atoms with van der Waals surface area (Å²) in [6.07, 6.45) is 3.09. The highest BCUT2D eigenvalue weighted by Gasteiger charge is 2.00. The van der Waals surface area contributed by atoms with E-state index >= 15 is 0 Å². The van der Waals surface area contributed by atoms with Crippen LogP contribution in [-0.4, -0.2) is 23.1 Å². The number of hydrogen-bond donors (Lipinski definition) is 1. The Balaban J connectivity index is 1.78. The van der Waals surface area contributed by atoms with Crippen LogP contribution in [0, 0.1) is 11.3 Å². The number of benzene rings is 1. The number of hydrogen-bond acceptors (Lipinski definition) is 5. The van der Waals surface area contributed by atoms with Crippen molar-refractivity contribution in [1.82, 2.24) is 9.97 Å². The van der Waals surface area contributed by atoms with Gasteiger partial charge in [0.2, 0.25) is 5.82 Å². The molecule has 0 bridgehead atoms. The summed E-state index contributed by atoms with van der Waals surface area (Å²) in [5.41, 5.74) is 0.724. The van der Waals surface area contributed by atoms with E-state index in [1.807, 2.05) is 6.07 Å². The first kappa shape index (κ1) is 14.4. The molecule has 0 spiro atoms. The van der Waals surface area contributed by atoms with Gasteiger partial charge in [0.1, 0.15) is 18.4 Å². The molecule has 0 saturated carbocycles. The molecule has 0 atom stereocenters. The number of nitrogens with zero attached hydrogens (tertiary/aromatic N) is 3. The maximum atomic E-state index is 8.57. The maximum absolute atomic E-state index is 8.57. The van der Waals surface area contributed by atoms with Crippen LogP contribution in [0.25, 0.3) is 0 Å². The van der Waals surface area contributed by atoms with Gasteiger partial charge in [0.05, 0.1) is 28.1 Å². The molecule has 0 fully saturated rings. The Labute approximate surface area is 126 Å². The van der Waals surface area contributed by atoms with Gasteiger partial charge in [-0.3, -0.25) is 0 Å². The maximum Gasteiger partial charge on any atom is 0.232 e. The van der Waals surface area contributed by atoms with Crippen LogP contribution in [0.2, 0.25) is 10.0 Å². The van der Waals surface area contributed by atoms with Crippen LogP contribution in [0.15, 0.2) is 30.6 Å². The van der Waals surface area contributed by atoms with Crippen molar-refractivity contribution in [3.63, 3.8) is 0 Å².